The number of para-hydroxylation sites is 2. The van der Waals surface area contributed by atoms with Gasteiger partial charge in [-0.05, 0) is 66.7 Å². The number of rotatable bonds is 6. The molecule has 38 heavy (non-hydrogen) atoms. The zero-order valence-electron chi connectivity index (χ0n) is 20.6. The molecule has 4 aromatic carbocycles. The molecule has 6 rings (SSSR count). The molecule has 0 radical (unpaired) electrons. The second-order valence-corrected chi connectivity index (χ2v) is 9.59. The van der Waals surface area contributed by atoms with E-state index in [4.69, 9.17) is 9.47 Å². The molecule has 0 aliphatic carbocycles. The monoisotopic (exact) mass is 534 g/mol. The van der Waals surface area contributed by atoms with Gasteiger partial charge in [-0.15, -0.1) is 25.3 Å². The molecule has 0 atom stereocenters. The first-order valence-electron chi connectivity index (χ1n) is 12.2. The molecule has 0 saturated heterocycles. The van der Waals surface area contributed by atoms with Crippen LogP contribution < -0.4 is 9.47 Å². The lowest BCUT2D eigenvalue weighted by atomic mass is 10.2. The van der Waals surface area contributed by atoms with E-state index in [0.717, 1.165) is 54.5 Å². The molecular weight excluding hydrogens is 508 g/mol. The van der Waals surface area contributed by atoms with E-state index in [1.54, 1.807) is 0 Å². The van der Waals surface area contributed by atoms with Gasteiger partial charge >= 0.3 is 0 Å². The van der Waals surface area contributed by atoms with E-state index in [2.05, 4.69) is 59.5 Å². The topological polar surface area (TPSA) is 44.2 Å². The molecule has 4 nitrogen and oxygen atoms in total. The number of nitrogens with zero attached hydrogens (tertiary/aromatic N) is 2. The molecule has 188 valence electrons. The Bertz CT molecular complexity index is 1660. The van der Waals surface area contributed by atoms with Crippen molar-refractivity contribution in [2.75, 3.05) is 0 Å². The van der Waals surface area contributed by atoms with Gasteiger partial charge in [-0.3, -0.25) is 0 Å². The third kappa shape index (κ3) is 7.06. The Morgan fingerprint density at radius 3 is 1.61 bits per heavy atom. The molecule has 6 heteroatoms. The fourth-order valence-corrected chi connectivity index (χ4v) is 4.17. The molecule has 0 saturated carbocycles. The lowest BCUT2D eigenvalue weighted by Crippen LogP contribution is -1.98. The van der Waals surface area contributed by atoms with Crippen molar-refractivity contribution < 1.29 is 9.47 Å². The highest BCUT2D eigenvalue weighted by atomic mass is 32.1. The average Bonchev–Trinajstić information content (AvgIpc) is 2.96. The standard InChI is InChI=1S/2C16H13NOS/c19-15-6-3-5-14(10-15)18-11-13-9-8-12-4-1-2-7-16(12)17-13;19-15-9-7-14(8-10-15)18-11-13-6-5-12-3-1-2-4-16(12)17-13/h2*1-10,19H,11H2. The van der Waals surface area contributed by atoms with Crippen molar-refractivity contribution in [3.8, 4) is 11.5 Å². The molecule has 0 fully saturated rings. The van der Waals surface area contributed by atoms with Gasteiger partial charge in [0, 0.05) is 20.6 Å². The van der Waals surface area contributed by atoms with Crippen LogP contribution in [-0.4, -0.2) is 9.97 Å². The number of fused-ring (bicyclic) bond motifs is 2. The van der Waals surface area contributed by atoms with Crippen LogP contribution in [0.4, 0.5) is 0 Å². The van der Waals surface area contributed by atoms with Gasteiger partial charge in [0.15, 0.2) is 0 Å². The van der Waals surface area contributed by atoms with Gasteiger partial charge in [-0.1, -0.05) is 54.6 Å². The van der Waals surface area contributed by atoms with Gasteiger partial charge in [-0.2, -0.15) is 0 Å². The normalized spacial score (nSPS) is 10.6. The molecule has 0 N–H and O–H groups in total. The van der Waals surface area contributed by atoms with Crippen molar-refractivity contribution in [2.24, 2.45) is 0 Å². The Hall–Kier alpha value is -4.00. The maximum Gasteiger partial charge on any atom is 0.130 e. The fourth-order valence-electron chi connectivity index (χ4n) is 3.81. The van der Waals surface area contributed by atoms with Gasteiger partial charge in [0.05, 0.1) is 22.4 Å². The minimum Gasteiger partial charge on any atom is -0.487 e. The van der Waals surface area contributed by atoms with Gasteiger partial charge in [-0.25, -0.2) is 9.97 Å². The SMILES string of the molecule is Sc1ccc(OCc2ccc3ccccc3n2)cc1.Sc1cccc(OCc2ccc3ccccc3n2)c1. The van der Waals surface area contributed by atoms with E-state index in [9.17, 15) is 0 Å². The van der Waals surface area contributed by atoms with Crippen LogP contribution >= 0.6 is 25.3 Å². The molecule has 6 aromatic rings. The van der Waals surface area contributed by atoms with E-state index in [-0.39, 0.29) is 0 Å². The second kappa shape index (κ2) is 12.5. The summed E-state index contributed by atoms with van der Waals surface area (Å²) in [6.07, 6.45) is 0. The predicted octanol–water partition coefficient (Wildman–Crippen LogP) is 8.21. The largest absolute Gasteiger partial charge is 0.487 e. The van der Waals surface area contributed by atoms with Crippen molar-refractivity contribution >= 4 is 47.1 Å². The van der Waals surface area contributed by atoms with Crippen LogP contribution in [0.2, 0.25) is 0 Å². The Labute approximate surface area is 233 Å². The third-order valence-electron chi connectivity index (χ3n) is 5.74. The molecule has 2 aromatic heterocycles. The third-order valence-corrected chi connectivity index (χ3v) is 6.32. The summed E-state index contributed by atoms with van der Waals surface area (Å²) in [5.74, 6) is 1.63. The summed E-state index contributed by atoms with van der Waals surface area (Å²) in [4.78, 5) is 11.0. The number of pyridine rings is 2. The fraction of sp³-hybridized carbons (Fsp3) is 0.0625. The summed E-state index contributed by atoms with van der Waals surface area (Å²) in [5, 5.41) is 2.29. The van der Waals surface area contributed by atoms with E-state index in [1.165, 1.54) is 0 Å². The molecule has 2 heterocycles. The Kier molecular flexibility index (Phi) is 8.43. The van der Waals surface area contributed by atoms with Crippen LogP contribution in [-0.2, 0) is 13.2 Å². The first-order chi connectivity index (χ1) is 18.6. The Balaban J connectivity index is 0.000000155. The van der Waals surface area contributed by atoms with E-state index in [0.29, 0.717) is 13.2 Å². The highest BCUT2D eigenvalue weighted by molar-refractivity contribution is 7.80. The average molecular weight is 535 g/mol. The smallest absolute Gasteiger partial charge is 0.130 e. The number of aromatic nitrogens is 2. The van der Waals surface area contributed by atoms with Crippen molar-refractivity contribution in [2.45, 2.75) is 23.0 Å². The summed E-state index contributed by atoms with van der Waals surface area (Å²) in [7, 11) is 0. The number of hydrogen-bond donors (Lipinski definition) is 2. The number of benzene rings is 4. The first kappa shape index (κ1) is 25.6. The predicted molar refractivity (Wildman–Crippen MR) is 160 cm³/mol. The van der Waals surface area contributed by atoms with Crippen LogP contribution in [0, 0.1) is 0 Å². The van der Waals surface area contributed by atoms with Crippen molar-refractivity contribution in [3.63, 3.8) is 0 Å². The minimum atomic E-state index is 0.460. The maximum absolute atomic E-state index is 5.71. The lowest BCUT2D eigenvalue weighted by Gasteiger charge is -2.07. The van der Waals surface area contributed by atoms with Crippen LogP contribution in [0.1, 0.15) is 11.4 Å². The Morgan fingerprint density at radius 1 is 0.474 bits per heavy atom. The molecule has 0 unspecified atom stereocenters. The second-order valence-electron chi connectivity index (χ2n) is 8.56. The summed E-state index contributed by atoms with van der Waals surface area (Å²) >= 11 is 8.53. The van der Waals surface area contributed by atoms with Gasteiger partial charge in [0.25, 0.3) is 0 Å². The molecular formula is C32H26N2O2S2. The summed E-state index contributed by atoms with van der Waals surface area (Å²) in [5.41, 5.74) is 3.83. The van der Waals surface area contributed by atoms with Gasteiger partial charge in [0.1, 0.15) is 24.7 Å². The van der Waals surface area contributed by atoms with Crippen LogP contribution in [0.3, 0.4) is 0 Å². The molecule has 0 aliphatic heterocycles. The van der Waals surface area contributed by atoms with E-state index >= 15 is 0 Å². The lowest BCUT2D eigenvalue weighted by molar-refractivity contribution is 0.301. The van der Waals surface area contributed by atoms with Crippen molar-refractivity contribution in [3.05, 3.63) is 133 Å². The van der Waals surface area contributed by atoms with Crippen LogP contribution in [0.25, 0.3) is 21.8 Å². The summed E-state index contributed by atoms with van der Waals surface area (Å²) < 4.78 is 11.4. The summed E-state index contributed by atoms with van der Waals surface area (Å²) in [6.45, 7) is 0.929. The van der Waals surface area contributed by atoms with Crippen molar-refractivity contribution in [1.82, 2.24) is 9.97 Å². The zero-order chi connectivity index (χ0) is 26.2. The van der Waals surface area contributed by atoms with Crippen LogP contribution in [0.15, 0.2) is 131 Å². The number of hydrogen-bond acceptors (Lipinski definition) is 6. The number of ether oxygens (including phenoxy) is 2. The molecule has 0 spiro atoms. The van der Waals surface area contributed by atoms with E-state index in [1.807, 2.05) is 97.1 Å². The van der Waals surface area contributed by atoms with Gasteiger partial charge < -0.3 is 9.47 Å². The zero-order valence-corrected chi connectivity index (χ0v) is 22.4. The molecule has 0 bridgehead atoms. The quantitative estimate of drug-likeness (QED) is 0.211. The molecule has 0 aliphatic rings. The highest BCUT2D eigenvalue weighted by Crippen LogP contribution is 2.19. The van der Waals surface area contributed by atoms with Gasteiger partial charge in [0.2, 0.25) is 0 Å². The molecule has 0 amide bonds. The van der Waals surface area contributed by atoms with Crippen LogP contribution in [0.5, 0.6) is 11.5 Å². The number of thiol groups is 2. The first-order valence-corrected chi connectivity index (χ1v) is 13.0. The minimum absolute atomic E-state index is 0.460. The van der Waals surface area contributed by atoms with Crippen molar-refractivity contribution in [1.29, 1.82) is 0 Å². The van der Waals surface area contributed by atoms with E-state index < -0.39 is 0 Å². The maximum atomic E-state index is 5.71. The highest BCUT2D eigenvalue weighted by Gasteiger charge is 2.01. The summed E-state index contributed by atoms with van der Waals surface area (Å²) in [6, 6.07) is 39.5. The Morgan fingerprint density at radius 2 is 1.03 bits per heavy atom.